The molecule has 9 nitrogen and oxygen atoms in total. The zero-order valence-electron chi connectivity index (χ0n) is 16.7. The molecule has 1 aromatic heterocycles. The summed E-state index contributed by atoms with van der Waals surface area (Å²) < 4.78 is 7.31. The zero-order valence-corrected chi connectivity index (χ0v) is 19.0. The second-order valence-electron chi connectivity index (χ2n) is 6.51. The summed E-state index contributed by atoms with van der Waals surface area (Å²) in [6, 6.07) is 0.0394. The van der Waals surface area contributed by atoms with Crippen molar-refractivity contribution in [2.45, 2.75) is 45.7 Å². The van der Waals surface area contributed by atoms with Crippen LogP contribution >= 0.6 is 24.0 Å². The van der Waals surface area contributed by atoms with Crippen LogP contribution in [-0.2, 0) is 16.1 Å². The molecule has 0 aromatic carbocycles. The SMILES string of the molecule is CCOCCCNC(=NCC(=O)N(C)C)NC1CCCn2nc(C)nc21.I. The molecule has 1 amide bonds. The van der Waals surface area contributed by atoms with E-state index < -0.39 is 0 Å². The number of guanidine groups is 1. The number of fused-ring (bicyclic) bond motifs is 1. The van der Waals surface area contributed by atoms with Gasteiger partial charge in [0.25, 0.3) is 0 Å². The van der Waals surface area contributed by atoms with Crippen LogP contribution in [0.4, 0.5) is 0 Å². The van der Waals surface area contributed by atoms with Crippen molar-refractivity contribution in [3.05, 3.63) is 11.6 Å². The highest BCUT2D eigenvalue weighted by atomic mass is 127. The average molecular weight is 493 g/mol. The van der Waals surface area contributed by atoms with E-state index in [2.05, 4.69) is 25.7 Å². The van der Waals surface area contributed by atoms with Crippen LogP contribution in [0.2, 0.25) is 0 Å². The van der Waals surface area contributed by atoms with Crippen molar-refractivity contribution in [1.29, 1.82) is 0 Å². The van der Waals surface area contributed by atoms with Gasteiger partial charge in [0, 0.05) is 40.4 Å². The minimum absolute atomic E-state index is 0. The summed E-state index contributed by atoms with van der Waals surface area (Å²) in [5.74, 6) is 2.29. The number of halogens is 1. The molecule has 0 saturated heterocycles. The molecule has 10 heteroatoms. The fourth-order valence-corrected chi connectivity index (χ4v) is 2.74. The van der Waals surface area contributed by atoms with Gasteiger partial charge in [0.05, 0.1) is 6.04 Å². The standard InChI is InChI=1S/C17H31N7O2.HI/c1-5-26-11-7-9-18-17(19-12-15(25)23(3)4)21-14-8-6-10-24-16(14)20-13(2)22-24;/h14H,5-12H2,1-4H3,(H2,18,19,21);1H. The first-order chi connectivity index (χ1) is 12.5. The number of amides is 1. The van der Waals surface area contributed by atoms with E-state index >= 15 is 0 Å². The second kappa shape index (κ2) is 12.1. The highest BCUT2D eigenvalue weighted by Gasteiger charge is 2.24. The molecule has 2 rings (SSSR count). The average Bonchev–Trinajstić information content (AvgIpc) is 3.00. The number of likely N-dealkylation sites (N-methyl/N-ethyl adjacent to an activating group) is 1. The molecule has 0 aliphatic carbocycles. The lowest BCUT2D eigenvalue weighted by atomic mass is 10.1. The predicted molar refractivity (Wildman–Crippen MR) is 115 cm³/mol. The number of nitrogens with zero attached hydrogens (tertiary/aromatic N) is 5. The Balaban J connectivity index is 0.00000364. The summed E-state index contributed by atoms with van der Waals surface area (Å²) in [6.07, 6.45) is 2.86. The molecule has 0 fully saturated rings. The number of hydrogen-bond donors (Lipinski definition) is 2. The maximum Gasteiger partial charge on any atom is 0.243 e. The Morgan fingerprint density at radius 2 is 2.22 bits per heavy atom. The third-order valence-corrected chi connectivity index (χ3v) is 4.12. The maximum atomic E-state index is 11.9. The van der Waals surface area contributed by atoms with Crippen molar-refractivity contribution in [2.75, 3.05) is 40.4 Å². The molecule has 154 valence electrons. The van der Waals surface area contributed by atoms with Crippen molar-refractivity contribution >= 4 is 35.8 Å². The number of ether oxygens (including phenoxy) is 1. The molecule has 2 heterocycles. The van der Waals surface area contributed by atoms with Gasteiger partial charge < -0.3 is 20.3 Å². The molecule has 0 spiro atoms. The largest absolute Gasteiger partial charge is 0.382 e. The van der Waals surface area contributed by atoms with Crippen LogP contribution in [0.15, 0.2) is 4.99 Å². The Morgan fingerprint density at radius 3 is 2.93 bits per heavy atom. The highest BCUT2D eigenvalue weighted by Crippen LogP contribution is 2.22. The molecule has 0 radical (unpaired) electrons. The maximum absolute atomic E-state index is 11.9. The Hall–Kier alpha value is -1.43. The number of carbonyl (C=O) groups is 1. The first kappa shape index (κ1) is 23.6. The zero-order chi connectivity index (χ0) is 18.9. The molecule has 0 bridgehead atoms. The molecule has 0 saturated carbocycles. The molecule has 27 heavy (non-hydrogen) atoms. The molecule has 1 aromatic rings. The minimum atomic E-state index is -0.0388. The summed E-state index contributed by atoms with van der Waals surface area (Å²) in [4.78, 5) is 22.4. The van der Waals surface area contributed by atoms with Gasteiger partial charge in [-0.15, -0.1) is 24.0 Å². The van der Waals surface area contributed by atoms with Crippen molar-refractivity contribution < 1.29 is 9.53 Å². The van der Waals surface area contributed by atoms with Crippen LogP contribution in [0.5, 0.6) is 0 Å². The minimum Gasteiger partial charge on any atom is -0.382 e. The van der Waals surface area contributed by atoms with Gasteiger partial charge in [-0.05, 0) is 33.1 Å². The number of rotatable bonds is 8. The van der Waals surface area contributed by atoms with Gasteiger partial charge in [-0.1, -0.05) is 0 Å². The third-order valence-electron chi connectivity index (χ3n) is 4.12. The lowest BCUT2D eigenvalue weighted by Gasteiger charge is -2.25. The molecule has 1 aliphatic rings. The van der Waals surface area contributed by atoms with Crippen LogP contribution in [0.3, 0.4) is 0 Å². The van der Waals surface area contributed by atoms with Gasteiger partial charge in [0.1, 0.15) is 18.2 Å². The van der Waals surface area contributed by atoms with Gasteiger partial charge in [-0.2, -0.15) is 5.10 Å². The van der Waals surface area contributed by atoms with Crippen LogP contribution in [0, 0.1) is 6.92 Å². The Morgan fingerprint density at radius 1 is 1.44 bits per heavy atom. The van der Waals surface area contributed by atoms with Gasteiger partial charge in [-0.3, -0.25) is 4.79 Å². The van der Waals surface area contributed by atoms with Crippen molar-refractivity contribution in [2.24, 2.45) is 4.99 Å². The number of aromatic nitrogens is 3. The number of aliphatic imine (C=N–C) groups is 1. The van der Waals surface area contributed by atoms with E-state index in [-0.39, 0.29) is 42.5 Å². The number of hydrogen-bond acceptors (Lipinski definition) is 5. The summed E-state index contributed by atoms with van der Waals surface area (Å²) in [7, 11) is 3.46. The van der Waals surface area contributed by atoms with Crippen LogP contribution in [-0.4, -0.2) is 71.9 Å². The normalized spacial score (nSPS) is 16.3. The number of aryl methyl sites for hydroxylation is 2. The fourth-order valence-electron chi connectivity index (χ4n) is 2.74. The summed E-state index contributed by atoms with van der Waals surface area (Å²) in [5.41, 5.74) is 0. The second-order valence-corrected chi connectivity index (χ2v) is 6.51. The summed E-state index contributed by atoms with van der Waals surface area (Å²) in [5, 5.41) is 11.1. The fraction of sp³-hybridized carbons (Fsp3) is 0.765. The number of carbonyl (C=O) groups excluding carboxylic acids is 1. The molecular formula is C17H32IN7O2. The molecular weight excluding hydrogens is 461 g/mol. The van der Waals surface area contributed by atoms with E-state index in [1.54, 1.807) is 14.1 Å². The van der Waals surface area contributed by atoms with Gasteiger partial charge in [-0.25, -0.2) is 14.7 Å². The van der Waals surface area contributed by atoms with Gasteiger partial charge in [0.15, 0.2) is 5.96 Å². The smallest absolute Gasteiger partial charge is 0.243 e. The van der Waals surface area contributed by atoms with E-state index in [0.717, 1.165) is 44.0 Å². The molecule has 1 unspecified atom stereocenters. The first-order valence-corrected chi connectivity index (χ1v) is 9.25. The highest BCUT2D eigenvalue weighted by molar-refractivity contribution is 14.0. The van der Waals surface area contributed by atoms with Crippen molar-refractivity contribution in [1.82, 2.24) is 30.3 Å². The number of nitrogens with one attached hydrogen (secondary N) is 2. The van der Waals surface area contributed by atoms with E-state index in [0.29, 0.717) is 19.2 Å². The van der Waals surface area contributed by atoms with E-state index in [4.69, 9.17) is 4.74 Å². The Kier molecular flexibility index (Phi) is 10.6. The monoisotopic (exact) mass is 493 g/mol. The van der Waals surface area contributed by atoms with Crippen LogP contribution < -0.4 is 10.6 Å². The van der Waals surface area contributed by atoms with E-state index in [1.807, 2.05) is 18.5 Å². The third kappa shape index (κ3) is 7.60. The predicted octanol–water partition coefficient (Wildman–Crippen LogP) is 1.09. The van der Waals surface area contributed by atoms with E-state index in [1.165, 1.54) is 4.90 Å². The van der Waals surface area contributed by atoms with Crippen LogP contribution in [0.25, 0.3) is 0 Å². The lowest BCUT2D eigenvalue weighted by Crippen LogP contribution is -2.42. The summed E-state index contributed by atoms with van der Waals surface area (Å²) in [6.45, 7) is 7.02. The molecule has 1 aliphatic heterocycles. The Labute approximate surface area is 178 Å². The van der Waals surface area contributed by atoms with Gasteiger partial charge >= 0.3 is 0 Å². The van der Waals surface area contributed by atoms with Crippen molar-refractivity contribution in [3.63, 3.8) is 0 Å². The van der Waals surface area contributed by atoms with E-state index in [9.17, 15) is 4.79 Å². The summed E-state index contributed by atoms with van der Waals surface area (Å²) >= 11 is 0. The Bertz CT molecular complexity index is 618. The van der Waals surface area contributed by atoms with Gasteiger partial charge in [0.2, 0.25) is 5.91 Å². The van der Waals surface area contributed by atoms with Crippen molar-refractivity contribution in [3.8, 4) is 0 Å². The molecule has 1 atom stereocenters. The topological polar surface area (TPSA) is 96.7 Å². The quantitative estimate of drug-likeness (QED) is 0.244. The lowest BCUT2D eigenvalue weighted by molar-refractivity contribution is -0.127. The van der Waals surface area contributed by atoms with Crippen LogP contribution in [0.1, 0.15) is 43.9 Å². The molecule has 2 N–H and O–H groups in total. The first-order valence-electron chi connectivity index (χ1n) is 9.25.